The smallest absolute Gasteiger partial charge is 0.338 e. The summed E-state index contributed by atoms with van der Waals surface area (Å²) in [5.41, 5.74) is 1.40. The molecule has 3 unspecified atom stereocenters. The van der Waals surface area contributed by atoms with Gasteiger partial charge >= 0.3 is 5.97 Å². The fraction of sp³-hybridized carbons (Fsp3) is 0.345. The van der Waals surface area contributed by atoms with Crippen LogP contribution in [0.3, 0.4) is 0 Å². The zero-order valence-corrected chi connectivity index (χ0v) is 19.8. The Balaban J connectivity index is 1.43. The Kier molecular flexibility index (Phi) is 5.72. The minimum absolute atomic E-state index is 0.131. The molecule has 5 rings (SSSR count). The average molecular weight is 456 g/mol. The van der Waals surface area contributed by atoms with Crippen molar-refractivity contribution in [2.45, 2.75) is 46.1 Å². The highest BCUT2D eigenvalue weighted by Gasteiger charge is 2.39. The first-order valence-electron chi connectivity index (χ1n) is 12.1. The van der Waals surface area contributed by atoms with Crippen LogP contribution in [-0.4, -0.2) is 23.9 Å². The number of carbonyl (C=O) groups is 3. The molecule has 3 atom stereocenters. The molecule has 0 saturated heterocycles. The quantitative estimate of drug-likeness (QED) is 0.344. The number of imide groups is 1. The fourth-order valence-corrected chi connectivity index (χ4v) is 5.45. The van der Waals surface area contributed by atoms with Crippen LogP contribution in [0.1, 0.15) is 71.1 Å². The molecule has 174 valence electrons. The van der Waals surface area contributed by atoms with Gasteiger partial charge in [-0.3, -0.25) is 9.59 Å². The third kappa shape index (κ3) is 3.79. The van der Waals surface area contributed by atoms with Crippen molar-refractivity contribution in [3.8, 4) is 0 Å². The summed E-state index contributed by atoms with van der Waals surface area (Å²) < 4.78 is 5.96. The number of amides is 2. The third-order valence-electron chi connectivity index (χ3n) is 7.35. The predicted molar refractivity (Wildman–Crippen MR) is 132 cm³/mol. The molecule has 0 bridgehead atoms. The van der Waals surface area contributed by atoms with Crippen molar-refractivity contribution in [3.63, 3.8) is 0 Å². The lowest BCUT2D eigenvalue weighted by molar-refractivity contribution is -0.0174. The van der Waals surface area contributed by atoms with Gasteiger partial charge in [-0.25, -0.2) is 9.69 Å². The van der Waals surface area contributed by atoms with Gasteiger partial charge in [0, 0.05) is 5.39 Å². The molecular formula is C29H29NO4. The first-order valence-corrected chi connectivity index (χ1v) is 12.1. The highest BCUT2D eigenvalue weighted by Crippen LogP contribution is 2.37. The summed E-state index contributed by atoms with van der Waals surface area (Å²) in [6, 6.07) is 17.9. The topological polar surface area (TPSA) is 63.7 Å². The van der Waals surface area contributed by atoms with Crippen molar-refractivity contribution in [3.05, 3.63) is 77.4 Å². The van der Waals surface area contributed by atoms with Crippen molar-refractivity contribution in [1.29, 1.82) is 0 Å². The summed E-state index contributed by atoms with van der Waals surface area (Å²) in [7, 11) is 0. The Bertz CT molecular complexity index is 1290. The lowest BCUT2D eigenvalue weighted by Gasteiger charge is -2.36. The van der Waals surface area contributed by atoms with Crippen LogP contribution in [0.4, 0.5) is 5.69 Å². The lowest BCUT2D eigenvalue weighted by Crippen LogP contribution is -2.35. The van der Waals surface area contributed by atoms with E-state index in [1.807, 2.05) is 36.4 Å². The van der Waals surface area contributed by atoms with Gasteiger partial charge in [0.25, 0.3) is 11.8 Å². The van der Waals surface area contributed by atoms with E-state index in [1.54, 1.807) is 18.2 Å². The van der Waals surface area contributed by atoms with Crippen LogP contribution in [0, 0.1) is 17.8 Å². The predicted octanol–water partition coefficient (Wildman–Crippen LogP) is 6.26. The van der Waals surface area contributed by atoms with Crippen LogP contribution in [0.2, 0.25) is 0 Å². The zero-order chi connectivity index (χ0) is 24.0. The molecule has 0 radical (unpaired) electrons. The molecule has 1 heterocycles. The zero-order valence-electron chi connectivity index (χ0n) is 19.8. The van der Waals surface area contributed by atoms with Crippen molar-refractivity contribution in [2.75, 3.05) is 4.90 Å². The number of fused-ring (bicyclic) bond motifs is 2. The summed E-state index contributed by atoms with van der Waals surface area (Å²) in [5.74, 6) is 0.0469. The SMILES string of the molecule is CC1CCC(C(C)C)C(OC(=O)c2ccc3c(c2)C(=O)N(c2cccc4ccccc24)C3=O)C1. The van der Waals surface area contributed by atoms with Crippen LogP contribution in [-0.2, 0) is 4.74 Å². The first kappa shape index (κ1) is 22.3. The molecule has 34 heavy (non-hydrogen) atoms. The number of esters is 1. The first-order chi connectivity index (χ1) is 16.3. The molecule has 0 aromatic heterocycles. The van der Waals surface area contributed by atoms with Gasteiger partial charge in [0.1, 0.15) is 6.10 Å². The van der Waals surface area contributed by atoms with Crippen molar-refractivity contribution >= 4 is 34.2 Å². The maximum Gasteiger partial charge on any atom is 0.338 e. The van der Waals surface area contributed by atoms with Crippen LogP contribution in [0.15, 0.2) is 60.7 Å². The lowest BCUT2D eigenvalue weighted by atomic mass is 9.75. The summed E-state index contributed by atoms with van der Waals surface area (Å²) in [6.07, 6.45) is 2.92. The number of hydrogen-bond acceptors (Lipinski definition) is 4. The molecule has 0 N–H and O–H groups in total. The second kappa shape index (κ2) is 8.71. The molecule has 3 aromatic carbocycles. The molecule has 3 aromatic rings. The van der Waals surface area contributed by atoms with Gasteiger partial charge in [0.2, 0.25) is 0 Å². The van der Waals surface area contributed by atoms with E-state index < -0.39 is 11.9 Å². The Labute approximate surface area is 199 Å². The normalized spacial score (nSPS) is 22.4. The maximum atomic E-state index is 13.4. The summed E-state index contributed by atoms with van der Waals surface area (Å²) in [4.78, 5) is 40.8. The average Bonchev–Trinajstić information content (AvgIpc) is 3.07. The fourth-order valence-electron chi connectivity index (χ4n) is 5.45. The van der Waals surface area contributed by atoms with E-state index in [9.17, 15) is 14.4 Å². The highest BCUT2D eigenvalue weighted by atomic mass is 16.5. The third-order valence-corrected chi connectivity index (χ3v) is 7.35. The summed E-state index contributed by atoms with van der Waals surface area (Å²) >= 11 is 0. The van der Waals surface area contributed by atoms with Crippen molar-refractivity contribution in [1.82, 2.24) is 0 Å². The molecule has 1 saturated carbocycles. The minimum Gasteiger partial charge on any atom is -0.458 e. The number of carbonyl (C=O) groups excluding carboxylic acids is 3. The Morgan fingerprint density at radius 1 is 0.941 bits per heavy atom. The molecule has 1 aliphatic carbocycles. The van der Waals surface area contributed by atoms with Crippen molar-refractivity contribution < 1.29 is 19.1 Å². The molecule has 5 nitrogen and oxygen atoms in total. The van der Waals surface area contributed by atoms with Crippen molar-refractivity contribution in [2.24, 2.45) is 17.8 Å². The minimum atomic E-state index is -0.434. The van der Waals surface area contributed by atoms with E-state index in [4.69, 9.17) is 4.74 Å². The summed E-state index contributed by atoms with van der Waals surface area (Å²) in [5, 5.41) is 1.77. The standard InChI is InChI=1S/C29H29NO4/c1-17(2)21-13-11-18(3)15-26(21)34-29(33)20-12-14-23-24(16-20)28(32)30(27(23)31)25-10-6-8-19-7-4-5-9-22(19)25/h4-10,12,14,16-18,21,26H,11,13,15H2,1-3H3. The molecular weight excluding hydrogens is 426 g/mol. The molecule has 2 amide bonds. The molecule has 2 aliphatic rings. The van der Waals surface area contributed by atoms with Gasteiger partial charge in [-0.1, -0.05) is 63.6 Å². The highest BCUT2D eigenvalue weighted by molar-refractivity contribution is 6.36. The number of rotatable bonds is 4. The molecule has 0 spiro atoms. The van der Waals surface area contributed by atoms with Gasteiger partial charge in [0.05, 0.1) is 22.4 Å². The van der Waals surface area contributed by atoms with Crippen LogP contribution in [0.25, 0.3) is 10.8 Å². The number of ether oxygens (including phenoxy) is 1. The second-order valence-electron chi connectivity index (χ2n) is 9.97. The Hall–Kier alpha value is -3.47. The van der Waals surface area contributed by atoms with E-state index in [0.717, 1.165) is 30.0 Å². The largest absolute Gasteiger partial charge is 0.458 e. The number of nitrogens with zero attached hydrogens (tertiary/aromatic N) is 1. The van der Waals surface area contributed by atoms with Gasteiger partial charge in [-0.2, -0.15) is 0 Å². The van der Waals surface area contributed by atoms with Crippen LogP contribution >= 0.6 is 0 Å². The van der Waals surface area contributed by atoms with E-state index in [1.165, 1.54) is 11.0 Å². The van der Waals surface area contributed by atoms with E-state index in [0.29, 0.717) is 34.6 Å². The van der Waals surface area contributed by atoms with Gasteiger partial charge in [-0.15, -0.1) is 0 Å². The summed E-state index contributed by atoms with van der Waals surface area (Å²) in [6.45, 7) is 6.53. The van der Waals surface area contributed by atoms with E-state index in [2.05, 4.69) is 20.8 Å². The number of hydrogen-bond donors (Lipinski definition) is 0. The molecule has 5 heteroatoms. The maximum absolute atomic E-state index is 13.4. The Morgan fingerprint density at radius 2 is 1.68 bits per heavy atom. The van der Waals surface area contributed by atoms with Crippen LogP contribution < -0.4 is 4.90 Å². The van der Waals surface area contributed by atoms with Gasteiger partial charge < -0.3 is 4.74 Å². The van der Waals surface area contributed by atoms with Gasteiger partial charge in [-0.05, 0) is 60.2 Å². The molecule has 1 aliphatic heterocycles. The second-order valence-corrected chi connectivity index (χ2v) is 9.97. The number of benzene rings is 3. The molecule has 1 fully saturated rings. The number of anilines is 1. The van der Waals surface area contributed by atoms with E-state index in [-0.39, 0.29) is 17.6 Å². The Morgan fingerprint density at radius 3 is 2.47 bits per heavy atom. The van der Waals surface area contributed by atoms with Gasteiger partial charge in [0.15, 0.2) is 0 Å². The van der Waals surface area contributed by atoms with E-state index >= 15 is 0 Å². The van der Waals surface area contributed by atoms with Crippen LogP contribution in [0.5, 0.6) is 0 Å². The monoisotopic (exact) mass is 455 g/mol.